The first-order valence-corrected chi connectivity index (χ1v) is 17.6. The summed E-state index contributed by atoms with van der Waals surface area (Å²) < 4.78 is 9.15. The highest BCUT2D eigenvalue weighted by atomic mass is 16.3. The van der Waals surface area contributed by atoms with Gasteiger partial charge in [0.2, 0.25) is 0 Å². The van der Waals surface area contributed by atoms with Crippen LogP contribution in [0.25, 0.3) is 105 Å². The lowest BCUT2D eigenvalue weighted by molar-refractivity contribution is 0.667. The van der Waals surface area contributed by atoms with E-state index in [1.807, 2.05) is 48.5 Å². The van der Waals surface area contributed by atoms with Crippen LogP contribution in [-0.2, 0) is 0 Å². The van der Waals surface area contributed by atoms with Gasteiger partial charge in [0.05, 0.1) is 16.7 Å². The molecule has 242 valence electrons. The monoisotopic (exact) mass is 663 g/mol. The molecule has 0 atom stereocenters. The van der Waals surface area contributed by atoms with Crippen molar-refractivity contribution >= 4 is 65.4 Å². The van der Waals surface area contributed by atoms with Crippen molar-refractivity contribution in [3.8, 4) is 39.5 Å². The maximum absolute atomic E-state index is 6.71. The molecule has 52 heavy (non-hydrogen) atoms. The van der Waals surface area contributed by atoms with Crippen LogP contribution in [0.5, 0.6) is 0 Å². The van der Waals surface area contributed by atoms with Crippen molar-refractivity contribution in [3.63, 3.8) is 0 Å². The minimum atomic E-state index is 0.678. The first kappa shape index (κ1) is 28.8. The Morgan fingerprint density at radius 1 is 0.404 bits per heavy atom. The van der Waals surface area contributed by atoms with Crippen LogP contribution in [-0.4, -0.2) is 14.5 Å². The lowest BCUT2D eigenvalue weighted by Gasteiger charge is -2.15. The molecular weight excluding hydrogens is 635 g/mol. The van der Waals surface area contributed by atoms with E-state index in [0.717, 1.165) is 50.1 Å². The third-order valence-corrected chi connectivity index (χ3v) is 10.3. The highest BCUT2D eigenvalue weighted by Gasteiger charge is 2.20. The summed E-state index contributed by atoms with van der Waals surface area (Å²) in [6.45, 7) is 0. The van der Waals surface area contributed by atoms with Gasteiger partial charge in [-0.3, -0.25) is 0 Å². The Balaban J connectivity index is 1.15. The fraction of sp³-hybridized carbons (Fsp3) is 0. The van der Waals surface area contributed by atoms with Gasteiger partial charge in [-0.2, -0.15) is 0 Å². The summed E-state index contributed by atoms with van der Waals surface area (Å²) in [6, 6.07) is 62.2. The molecule has 3 aromatic heterocycles. The molecule has 0 bridgehead atoms. The zero-order chi connectivity index (χ0) is 34.2. The topological polar surface area (TPSA) is 43.9 Å². The van der Waals surface area contributed by atoms with E-state index in [9.17, 15) is 0 Å². The van der Waals surface area contributed by atoms with Gasteiger partial charge in [-0.05, 0) is 69.8 Å². The molecule has 4 nitrogen and oxygen atoms in total. The molecule has 0 amide bonds. The SMILES string of the molecule is c1ccc(-c2nc(-c3ccccc3)c3oc4cc(-c5cc(-n6c7ccccc7c7cc8ccccc8cc76)c6ccccc6c5)ccc4c3n2)cc1. The molecule has 0 saturated heterocycles. The maximum Gasteiger partial charge on any atom is 0.180 e. The van der Waals surface area contributed by atoms with Crippen LogP contribution in [0, 0.1) is 0 Å². The molecule has 11 rings (SSSR count). The van der Waals surface area contributed by atoms with Crippen LogP contribution in [0.3, 0.4) is 0 Å². The van der Waals surface area contributed by atoms with Gasteiger partial charge in [0, 0.05) is 32.7 Å². The number of hydrogen-bond donors (Lipinski definition) is 0. The average molecular weight is 664 g/mol. The lowest BCUT2D eigenvalue weighted by atomic mass is 9.98. The van der Waals surface area contributed by atoms with Crippen molar-refractivity contribution in [3.05, 3.63) is 176 Å². The van der Waals surface area contributed by atoms with Crippen LogP contribution in [0.2, 0.25) is 0 Å². The molecule has 4 heteroatoms. The first-order chi connectivity index (χ1) is 25.8. The molecule has 0 N–H and O–H groups in total. The van der Waals surface area contributed by atoms with Gasteiger partial charge < -0.3 is 8.98 Å². The molecule has 11 aromatic rings. The van der Waals surface area contributed by atoms with E-state index < -0.39 is 0 Å². The standard InChI is InChI=1S/C48H29N3O/c1-3-13-30(14-4-1)45-47-46(50-48(49-45)31-15-5-2-6-16-31)39-24-23-34(29-44(39)52-47)36-25-35-19-9-10-20-37(35)42(28-36)51-41-22-12-11-21-38(41)40-26-32-17-7-8-18-33(32)27-43(40)51/h1-29H. The average Bonchev–Trinajstić information content (AvgIpc) is 3.74. The quantitative estimate of drug-likeness (QED) is 0.188. The molecule has 8 aromatic carbocycles. The van der Waals surface area contributed by atoms with E-state index >= 15 is 0 Å². The zero-order valence-corrected chi connectivity index (χ0v) is 28.0. The third kappa shape index (κ3) is 4.41. The van der Waals surface area contributed by atoms with Gasteiger partial charge >= 0.3 is 0 Å². The van der Waals surface area contributed by atoms with E-state index in [1.54, 1.807) is 0 Å². The summed E-state index contributed by atoms with van der Waals surface area (Å²) in [5, 5.41) is 8.30. The van der Waals surface area contributed by atoms with Gasteiger partial charge in [-0.15, -0.1) is 0 Å². The van der Waals surface area contributed by atoms with E-state index in [0.29, 0.717) is 11.4 Å². The van der Waals surface area contributed by atoms with Gasteiger partial charge in [0.1, 0.15) is 16.8 Å². The Hall–Kier alpha value is -7.04. The summed E-state index contributed by atoms with van der Waals surface area (Å²) in [5.74, 6) is 0.678. The molecular formula is C48H29N3O. The maximum atomic E-state index is 6.71. The summed E-state index contributed by atoms with van der Waals surface area (Å²) in [7, 11) is 0. The largest absolute Gasteiger partial charge is 0.452 e. The second-order valence-corrected chi connectivity index (χ2v) is 13.4. The minimum Gasteiger partial charge on any atom is -0.452 e. The van der Waals surface area contributed by atoms with Crippen molar-refractivity contribution < 1.29 is 4.42 Å². The minimum absolute atomic E-state index is 0.678. The first-order valence-electron chi connectivity index (χ1n) is 17.6. The Bertz CT molecular complexity index is 3180. The Morgan fingerprint density at radius 2 is 1.08 bits per heavy atom. The van der Waals surface area contributed by atoms with E-state index in [4.69, 9.17) is 14.4 Å². The van der Waals surface area contributed by atoms with Crippen LogP contribution in [0.15, 0.2) is 180 Å². The normalized spacial score (nSPS) is 11.8. The molecule has 0 aliphatic heterocycles. The number of benzene rings is 8. The Labute approximate surface area is 298 Å². The van der Waals surface area contributed by atoms with Crippen molar-refractivity contribution in [1.29, 1.82) is 0 Å². The zero-order valence-electron chi connectivity index (χ0n) is 28.0. The number of rotatable bonds is 4. The molecule has 3 heterocycles. The fourth-order valence-corrected chi connectivity index (χ4v) is 7.89. The highest BCUT2D eigenvalue weighted by Crippen LogP contribution is 2.41. The van der Waals surface area contributed by atoms with Crippen molar-refractivity contribution in [2.45, 2.75) is 0 Å². The summed E-state index contributed by atoms with van der Waals surface area (Å²) in [6.07, 6.45) is 0. The number of nitrogens with zero attached hydrogens (tertiary/aromatic N) is 3. The lowest BCUT2D eigenvalue weighted by Crippen LogP contribution is -1.96. The van der Waals surface area contributed by atoms with Crippen molar-refractivity contribution in [1.82, 2.24) is 14.5 Å². The van der Waals surface area contributed by atoms with E-state index in [2.05, 4.69) is 132 Å². The molecule has 0 fully saturated rings. The molecule has 0 aliphatic rings. The van der Waals surface area contributed by atoms with Crippen molar-refractivity contribution in [2.75, 3.05) is 0 Å². The molecule has 0 radical (unpaired) electrons. The molecule has 0 saturated carbocycles. The van der Waals surface area contributed by atoms with Crippen LogP contribution >= 0.6 is 0 Å². The van der Waals surface area contributed by atoms with Gasteiger partial charge in [-0.25, -0.2) is 9.97 Å². The van der Waals surface area contributed by atoms with Crippen LogP contribution in [0.1, 0.15) is 0 Å². The second kappa shape index (κ2) is 11.2. The summed E-state index contributed by atoms with van der Waals surface area (Å²) in [4.78, 5) is 10.1. The predicted octanol–water partition coefficient (Wildman–Crippen LogP) is 12.8. The third-order valence-electron chi connectivity index (χ3n) is 10.3. The number of furan rings is 1. The summed E-state index contributed by atoms with van der Waals surface area (Å²) >= 11 is 0. The molecule has 0 unspecified atom stereocenters. The van der Waals surface area contributed by atoms with Gasteiger partial charge in [-0.1, -0.05) is 133 Å². The van der Waals surface area contributed by atoms with Crippen LogP contribution in [0.4, 0.5) is 0 Å². The van der Waals surface area contributed by atoms with E-state index in [-0.39, 0.29) is 0 Å². The Morgan fingerprint density at radius 3 is 1.88 bits per heavy atom. The smallest absolute Gasteiger partial charge is 0.180 e. The predicted molar refractivity (Wildman–Crippen MR) is 215 cm³/mol. The van der Waals surface area contributed by atoms with Gasteiger partial charge in [0.15, 0.2) is 11.4 Å². The fourth-order valence-electron chi connectivity index (χ4n) is 7.89. The number of para-hydroxylation sites is 1. The van der Waals surface area contributed by atoms with Crippen LogP contribution < -0.4 is 0 Å². The Kier molecular flexibility index (Phi) is 6.22. The van der Waals surface area contributed by atoms with Crippen molar-refractivity contribution in [2.24, 2.45) is 0 Å². The molecule has 0 spiro atoms. The van der Waals surface area contributed by atoms with E-state index in [1.165, 1.54) is 43.4 Å². The number of hydrogen-bond acceptors (Lipinski definition) is 3. The number of aromatic nitrogens is 3. The summed E-state index contributed by atoms with van der Waals surface area (Å²) in [5.41, 5.74) is 10.7. The highest BCUT2D eigenvalue weighted by molar-refractivity contribution is 6.15. The van der Waals surface area contributed by atoms with Gasteiger partial charge in [0.25, 0.3) is 0 Å². The number of fused-ring (bicyclic) bond motifs is 8. The molecule has 0 aliphatic carbocycles. The second-order valence-electron chi connectivity index (χ2n) is 13.4.